The lowest BCUT2D eigenvalue weighted by molar-refractivity contribution is -0.485. The van der Waals surface area contributed by atoms with Crippen LogP contribution in [0.15, 0.2) is 29.5 Å². The second-order valence-electron chi connectivity index (χ2n) is 2.49. The average Bonchev–Trinajstić information content (AvgIpc) is 2.13. The zero-order valence-corrected chi connectivity index (χ0v) is 8.79. The van der Waals surface area contributed by atoms with E-state index in [-0.39, 0.29) is 11.7 Å². The van der Waals surface area contributed by atoms with Gasteiger partial charge in [0.2, 0.25) is 5.90 Å². The zero-order chi connectivity index (χ0) is 11.9. The van der Waals surface area contributed by atoms with E-state index in [1.807, 2.05) is 0 Å². The van der Waals surface area contributed by atoms with Crippen molar-refractivity contribution < 1.29 is 23.3 Å². The lowest BCUT2D eigenvalue weighted by Gasteiger charge is -2.15. The van der Waals surface area contributed by atoms with Gasteiger partial charge in [0.1, 0.15) is 5.76 Å². The molecule has 0 aliphatic carbocycles. The lowest BCUT2D eigenvalue weighted by Crippen LogP contribution is -2.25. The molecule has 0 unspecified atom stereocenters. The fourth-order valence-electron chi connectivity index (χ4n) is 0.550. The number of aliphatic imine (C=N–C) groups is 1. The quantitative estimate of drug-likeness (QED) is 0.136. The van der Waals surface area contributed by atoms with Crippen LogP contribution in [-0.2, 0) is 14.5 Å². The van der Waals surface area contributed by atoms with Crippen LogP contribution in [0.25, 0.3) is 0 Å². The number of nitrogens with zero attached hydrogens (tertiary/aromatic N) is 1. The van der Waals surface area contributed by atoms with Gasteiger partial charge in [0.05, 0.1) is 0 Å². The molecule has 0 saturated heterocycles. The normalized spacial score (nSPS) is 13.7. The Morgan fingerprint density at radius 2 is 2.00 bits per heavy atom. The minimum Gasteiger partial charge on any atom is -0.412 e. The minimum absolute atomic E-state index is 0.0383. The number of allylic oxidation sites excluding steroid dienone is 3. The van der Waals surface area contributed by atoms with Crippen LogP contribution >= 0.6 is 0 Å². The van der Waals surface area contributed by atoms with Gasteiger partial charge in [-0.1, -0.05) is 17.5 Å². The largest absolute Gasteiger partial charge is 0.570 e. The molecule has 0 fully saturated rings. The van der Waals surface area contributed by atoms with Crippen molar-refractivity contribution in [2.45, 2.75) is 20.1 Å². The molecule has 0 aromatic carbocycles. The van der Waals surface area contributed by atoms with E-state index < -0.39 is 6.29 Å². The third-order valence-corrected chi connectivity index (χ3v) is 1.21. The molecule has 0 bridgehead atoms. The second-order valence-corrected chi connectivity index (χ2v) is 2.49. The number of halogens is 2. The monoisotopic (exact) mass is 221 g/mol. The van der Waals surface area contributed by atoms with Crippen LogP contribution < -0.4 is 0 Å². The van der Waals surface area contributed by atoms with Gasteiger partial charge in [0.25, 0.3) is 0 Å². The second kappa shape index (κ2) is 6.13. The van der Waals surface area contributed by atoms with Gasteiger partial charge in [-0.25, -0.2) is 0 Å². The summed E-state index contributed by atoms with van der Waals surface area (Å²) in [6.07, 6.45) is -1.29. The summed E-state index contributed by atoms with van der Waals surface area (Å²) in [5.41, 5.74) is 0. The molecule has 0 saturated carbocycles. The maximum absolute atomic E-state index is 12.8. The van der Waals surface area contributed by atoms with E-state index in [4.69, 9.17) is 0 Å². The van der Waals surface area contributed by atoms with Gasteiger partial charge in [-0.2, -0.15) is 0 Å². The topological polar surface area (TPSA) is 40.0 Å². The molecule has 0 heterocycles. The van der Waals surface area contributed by atoms with E-state index >= 15 is 0 Å². The van der Waals surface area contributed by atoms with Crippen LogP contribution in [0, 0.1) is 0 Å². The van der Waals surface area contributed by atoms with Crippen molar-refractivity contribution >= 4 is 5.90 Å². The Bertz CT molecular complexity index is 275. The fourth-order valence-corrected chi connectivity index (χ4v) is 0.550. The van der Waals surface area contributed by atoms with Gasteiger partial charge in [0.15, 0.2) is 0 Å². The third kappa shape index (κ3) is 6.62. The first-order valence-electron chi connectivity index (χ1n) is 4.06. The Morgan fingerprint density at radius 1 is 1.40 bits per heavy atom. The van der Waals surface area contributed by atoms with Crippen LogP contribution in [0.2, 0.25) is 0 Å². The van der Waals surface area contributed by atoms with Crippen molar-refractivity contribution in [3.63, 3.8) is 0 Å². The van der Waals surface area contributed by atoms with Gasteiger partial charge < -0.3 is 9.62 Å². The average molecular weight is 221 g/mol. The first kappa shape index (κ1) is 13.6. The standard InChI is InChI=1S/C9H13F2NO3/c1-5-6-7(2)13-9(10,11)15-14-8(3)12-4/h5-6H,1H2,2-4H3/b7-6+,12-8-. The molecule has 6 heteroatoms. The van der Waals surface area contributed by atoms with Gasteiger partial charge in [-0.3, -0.25) is 4.99 Å². The molecular weight excluding hydrogens is 208 g/mol. The molecule has 15 heavy (non-hydrogen) atoms. The molecule has 86 valence electrons. The zero-order valence-electron chi connectivity index (χ0n) is 8.79. The van der Waals surface area contributed by atoms with Crippen LogP contribution in [0.3, 0.4) is 0 Å². The predicted octanol–water partition coefficient (Wildman–Crippen LogP) is 2.64. The highest BCUT2D eigenvalue weighted by Crippen LogP contribution is 2.21. The van der Waals surface area contributed by atoms with Crippen molar-refractivity contribution in [2.75, 3.05) is 7.05 Å². The van der Waals surface area contributed by atoms with Crippen molar-refractivity contribution in [2.24, 2.45) is 4.99 Å². The van der Waals surface area contributed by atoms with E-state index in [9.17, 15) is 8.78 Å². The van der Waals surface area contributed by atoms with Crippen LogP contribution in [-0.4, -0.2) is 19.2 Å². The summed E-state index contributed by atoms with van der Waals surface area (Å²) < 4.78 is 29.7. The first-order valence-corrected chi connectivity index (χ1v) is 4.06. The van der Waals surface area contributed by atoms with Crippen molar-refractivity contribution in [3.8, 4) is 0 Å². The third-order valence-electron chi connectivity index (χ3n) is 1.21. The first-order chi connectivity index (χ1) is 6.91. The highest BCUT2D eigenvalue weighted by molar-refractivity contribution is 5.72. The van der Waals surface area contributed by atoms with Gasteiger partial charge in [0, 0.05) is 14.0 Å². The van der Waals surface area contributed by atoms with Crippen LogP contribution in [0.5, 0.6) is 0 Å². The highest BCUT2D eigenvalue weighted by atomic mass is 19.3. The maximum atomic E-state index is 12.8. The number of rotatable bonds is 5. The van der Waals surface area contributed by atoms with Gasteiger partial charge >= 0.3 is 6.29 Å². The van der Waals surface area contributed by atoms with Crippen LogP contribution in [0.1, 0.15) is 13.8 Å². The Morgan fingerprint density at radius 3 is 2.47 bits per heavy atom. The smallest absolute Gasteiger partial charge is 0.412 e. The predicted molar refractivity (Wildman–Crippen MR) is 51.2 cm³/mol. The van der Waals surface area contributed by atoms with Crippen molar-refractivity contribution in [1.82, 2.24) is 0 Å². The van der Waals surface area contributed by atoms with Crippen LogP contribution in [0.4, 0.5) is 8.78 Å². The molecule has 0 aliphatic heterocycles. The summed E-state index contributed by atoms with van der Waals surface area (Å²) in [7, 11) is 1.38. The highest BCUT2D eigenvalue weighted by Gasteiger charge is 2.36. The maximum Gasteiger partial charge on any atom is 0.570 e. The number of hydrogen-bond acceptors (Lipinski definition) is 4. The van der Waals surface area contributed by atoms with E-state index in [1.54, 1.807) is 0 Å². The SMILES string of the molecule is C=C/C=C(\C)OC(F)(F)OO/C(C)=N\C. The summed E-state index contributed by atoms with van der Waals surface area (Å²) in [4.78, 5) is 11.4. The molecule has 0 radical (unpaired) electrons. The minimum atomic E-state index is -3.87. The summed E-state index contributed by atoms with van der Waals surface area (Å²) >= 11 is 0. The molecule has 4 nitrogen and oxygen atoms in total. The Hall–Kier alpha value is -1.43. The van der Waals surface area contributed by atoms with Gasteiger partial charge in [-0.05, 0) is 13.0 Å². The van der Waals surface area contributed by atoms with E-state index in [1.165, 1.54) is 33.0 Å². The Kier molecular flexibility index (Phi) is 5.54. The van der Waals surface area contributed by atoms with E-state index in [0.717, 1.165) is 0 Å². The molecule has 0 aromatic rings. The summed E-state index contributed by atoms with van der Waals surface area (Å²) in [6, 6.07) is 0. The van der Waals surface area contributed by atoms with E-state index in [2.05, 4.69) is 26.1 Å². The molecule has 0 rings (SSSR count). The summed E-state index contributed by atoms with van der Waals surface area (Å²) in [5, 5.41) is 0. The number of alkyl halides is 2. The molecule has 0 aliphatic rings. The molecular formula is C9H13F2NO3. The lowest BCUT2D eigenvalue weighted by atomic mass is 10.5. The number of ether oxygens (including phenoxy) is 1. The van der Waals surface area contributed by atoms with E-state index in [0.29, 0.717) is 0 Å². The van der Waals surface area contributed by atoms with Crippen molar-refractivity contribution in [3.05, 3.63) is 24.5 Å². The summed E-state index contributed by atoms with van der Waals surface area (Å²) in [5.74, 6) is -0.0895. The molecule has 0 spiro atoms. The summed E-state index contributed by atoms with van der Waals surface area (Å²) in [6.45, 7) is 6.02. The fraction of sp³-hybridized carbons (Fsp3) is 0.444. The molecule has 0 atom stereocenters. The molecule has 0 N–H and O–H groups in total. The van der Waals surface area contributed by atoms with Crippen molar-refractivity contribution in [1.29, 1.82) is 0 Å². The number of hydrogen-bond donors (Lipinski definition) is 0. The Balaban J connectivity index is 4.18. The Labute approximate surface area is 86.8 Å². The van der Waals surface area contributed by atoms with Gasteiger partial charge in [-0.15, -0.1) is 8.78 Å². The molecule has 0 aromatic heterocycles. The molecule has 0 amide bonds.